The van der Waals surface area contributed by atoms with E-state index in [-0.39, 0.29) is 110 Å². The number of hydrogen-bond acceptors (Lipinski definition) is 2. The molecule has 0 atom stereocenters. The van der Waals surface area contributed by atoms with Crippen molar-refractivity contribution in [2.24, 2.45) is 0 Å². The summed E-state index contributed by atoms with van der Waals surface area (Å²) < 4.78 is 8.77. The predicted molar refractivity (Wildman–Crippen MR) is 26.3 cm³/mol. The standard InChI is InChI=1S/K.2Na.H3O4P.2H/c;;;1-5(2,3)4;;/h;;;(H3,1,2,3,4);;/q+1;;;;;/p-1. The summed E-state index contributed by atoms with van der Waals surface area (Å²) in [6, 6.07) is 0. The average Bonchev–Trinajstić information content (AvgIpc) is 0.722. The summed E-state index contributed by atoms with van der Waals surface area (Å²) in [7, 11) is -4.89. The molecule has 0 unspecified atom stereocenters. The first-order chi connectivity index (χ1) is 2.00. The third kappa shape index (κ3) is 53.1. The fourth-order valence-electron chi connectivity index (χ4n) is 0. The molecule has 0 aromatic heterocycles. The first kappa shape index (κ1) is 22.6. The van der Waals surface area contributed by atoms with E-state index in [4.69, 9.17) is 19.2 Å². The van der Waals surface area contributed by atoms with Gasteiger partial charge in [0.2, 0.25) is 0 Å². The van der Waals surface area contributed by atoms with Crippen molar-refractivity contribution in [2.75, 3.05) is 0 Å². The van der Waals surface area contributed by atoms with E-state index >= 15 is 0 Å². The van der Waals surface area contributed by atoms with Crippen LogP contribution in [0.2, 0.25) is 0 Å². The fraction of sp³-hybridized carbons (Fsp3) is 0. The third-order valence-corrected chi connectivity index (χ3v) is 0. The van der Waals surface area contributed by atoms with Gasteiger partial charge in [0.15, 0.2) is 0 Å². The van der Waals surface area contributed by atoms with Crippen molar-refractivity contribution in [3.05, 3.63) is 0 Å². The Labute approximate surface area is 134 Å². The van der Waals surface area contributed by atoms with Crippen LogP contribution in [0, 0.1) is 0 Å². The van der Waals surface area contributed by atoms with Crippen LogP contribution < -0.4 is 56.3 Å². The number of phosphoric acid groups is 1. The van der Waals surface area contributed by atoms with E-state index in [0.717, 1.165) is 0 Å². The molecule has 36 valence electrons. The Morgan fingerprint density at radius 3 is 1.25 bits per heavy atom. The molecule has 2 N–H and O–H groups in total. The molecule has 0 radical (unpaired) electrons. The minimum atomic E-state index is -4.89. The molecular weight excluding hydrogens is 180 g/mol. The summed E-state index contributed by atoms with van der Waals surface area (Å²) >= 11 is 0. The molecule has 0 aliphatic rings. The van der Waals surface area contributed by atoms with Gasteiger partial charge in [-0.15, -0.1) is 0 Å². The van der Waals surface area contributed by atoms with Gasteiger partial charge in [0.05, 0.1) is 0 Å². The van der Waals surface area contributed by atoms with Crippen molar-refractivity contribution < 1.29 is 70.6 Å². The van der Waals surface area contributed by atoms with Gasteiger partial charge in [-0.2, -0.15) is 0 Å². The van der Waals surface area contributed by atoms with E-state index in [2.05, 4.69) is 0 Å². The topological polar surface area (TPSA) is 80.6 Å². The minimum absolute atomic E-state index is 0. The maximum atomic E-state index is 8.77. The Kier molecular flexibility index (Phi) is 30.4. The van der Waals surface area contributed by atoms with Crippen molar-refractivity contribution in [1.29, 1.82) is 0 Å². The molecule has 0 saturated heterocycles. The zero-order valence-electron chi connectivity index (χ0n) is 3.16. The van der Waals surface area contributed by atoms with Gasteiger partial charge in [0.25, 0.3) is 7.82 Å². The van der Waals surface area contributed by atoms with Gasteiger partial charge in [-0.1, -0.05) is 0 Å². The van der Waals surface area contributed by atoms with Crippen molar-refractivity contribution >= 4 is 66.9 Å². The van der Waals surface area contributed by atoms with Crippen LogP contribution in [-0.2, 0) is 4.57 Å². The van der Waals surface area contributed by atoms with Crippen LogP contribution in [0.15, 0.2) is 0 Å². The van der Waals surface area contributed by atoms with Crippen LogP contribution in [0.3, 0.4) is 0 Å². The summed E-state index contributed by atoms with van der Waals surface area (Å²) in [6.07, 6.45) is 0. The molecule has 4 nitrogen and oxygen atoms in total. The zero-order chi connectivity index (χ0) is 4.50. The Morgan fingerprint density at radius 2 is 1.25 bits per heavy atom. The summed E-state index contributed by atoms with van der Waals surface area (Å²) in [5.41, 5.74) is 0. The van der Waals surface area contributed by atoms with Gasteiger partial charge in [-0.05, 0) is 0 Å². The molecule has 0 aliphatic heterocycles. The van der Waals surface area contributed by atoms with Crippen molar-refractivity contribution in [2.45, 2.75) is 0 Å². The predicted octanol–water partition coefficient (Wildman–Crippen LogP) is -5.85. The molecule has 0 rings (SSSR count). The van der Waals surface area contributed by atoms with Crippen LogP contribution in [0.5, 0.6) is 0 Å². The summed E-state index contributed by atoms with van der Waals surface area (Å²) in [4.78, 5) is 22.9. The molecule has 0 aliphatic carbocycles. The van der Waals surface area contributed by atoms with Crippen LogP contribution in [-0.4, -0.2) is 68.9 Å². The van der Waals surface area contributed by atoms with Crippen LogP contribution >= 0.6 is 7.82 Å². The normalized spacial score (nSPS) is 7.38. The van der Waals surface area contributed by atoms with Crippen LogP contribution in [0.25, 0.3) is 0 Å². The molecule has 0 fully saturated rings. The van der Waals surface area contributed by atoms with Gasteiger partial charge in [-0.25, -0.2) is 0 Å². The Hall–Kier alpha value is 3.75. The van der Waals surface area contributed by atoms with Gasteiger partial charge in [0.1, 0.15) is 0 Å². The molecule has 0 spiro atoms. The molecule has 0 heterocycles. The quantitative estimate of drug-likeness (QED) is 0.290. The van der Waals surface area contributed by atoms with Gasteiger partial charge in [0, 0.05) is 0 Å². The molecular formula is H4KNa2O4P. The van der Waals surface area contributed by atoms with E-state index < -0.39 is 7.82 Å². The maximum absolute atomic E-state index is 8.77. The second kappa shape index (κ2) is 10.7. The molecule has 8 heteroatoms. The molecule has 8 heavy (non-hydrogen) atoms. The summed E-state index contributed by atoms with van der Waals surface area (Å²) in [5, 5.41) is 0. The van der Waals surface area contributed by atoms with E-state index in [1.54, 1.807) is 0 Å². The van der Waals surface area contributed by atoms with Gasteiger partial charge >= 0.3 is 110 Å². The number of rotatable bonds is 0. The average molecular weight is 184 g/mol. The fourth-order valence-corrected chi connectivity index (χ4v) is 0. The Morgan fingerprint density at radius 1 is 1.25 bits per heavy atom. The van der Waals surface area contributed by atoms with Crippen molar-refractivity contribution in [1.82, 2.24) is 0 Å². The first-order valence-electron chi connectivity index (χ1n) is 0.765. The Bertz CT molecular complexity index is 60.2. The van der Waals surface area contributed by atoms with E-state index in [1.165, 1.54) is 0 Å². The monoisotopic (exact) mass is 184 g/mol. The van der Waals surface area contributed by atoms with E-state index in [9.17, 15) is 0 Å². The second-order valence-electron chi connectivity index (χ2n) is 0.491. The first-order valence-corrected chi connectivity index (χ1v) is 2.30. The molecule has 0 saturated carbocycles. The van der Waals surface area contributed by atoms with Crippen LogP contribution in [0.4, 0.5) is 0 Å². The molecule has 0 bridgehead atoms. The second-order valence-corrected chi connectivity index (χ2v) is 1.47. The molecule has 0 aromatic rings. The third-order valence-electron chi connectivity index (χ3n) is 0. The molecule has 0 aromatic carbocycles. The summed E-state index contributed by atoms with van der Waals surface area (Å²) in [5.74, 6) is 0. The van der Waals surface area contributed by atoms with Crippen molar-refractivity contribution in [3.63, 3.8) is 0 Å². The zero-order valence-corrected chi connectivity index (χ0v) is 7.18. The van der Waals surface area contributed by atoms with Crippen LogP contribution in [0.1, 0.15) is 0 Å². The SMILES string of the molecule is O=P([O-])(O)O.[K+].[NaH].[NaH]. The Balaban J connectivity index is -0.0000000267. The van der Waals surface area contributed by atoms with E-state index in [1.807, 2.05) is 0 Å². The number of hydrogen-bond donors (Lipinski definition) is 2. The van der Waals surface area contributed by atoms with Gasteiger partial charge in [-0.3, -0.25) is 4.57 Å². The molecule has 0 amide bonds. The van der Waals surface area contributed by atoms with Crippen molar-refractivity contribution in [3.8, 4) is 0 Å². The van der Waals surface area contributed by atoms with E-state index in [0.29, 0.717) is 0 Å². The summed E-state index contributed by atoms with van der Waals surface area (Å²) in [6.45, 7) is 0. The van der Waals surface area contributed by atoms with Gasteiger partial charge < -0.3 is 14.7 Å².